The van der Waals surface area contributed by atoms with Crippen LogP contribution in [-0.4, -0.2) is 15.0 Å². The maximum Gasteiger partial charge on any atom is 0.164 e. The van der Waals surface area contributed by atoms with Crippen LogP contribution >= 0.6 is 0 Å². The lowest BCUT2D eigenvalue weighted by molar-refractivity contribution is 0.669. The summed E-state index contributed by atoms with van der Waals surface area (Å²) >= 11 is 0. The fourth-order valence-corrected chi connectivity index (χ4v) is 7.92. The maximum atomic E-state index is 6.50. The molecule has 4 heteroatoms. The molecule has 0 aliphatic rings. The zero-order valence-electron chi connectivity index (χ0n) is 29.6. The van der Waals surface area contributed by atoms with Crippen LogP contribution in [0.4, 0.5) is 0 Å². The van der Waals surface area contributed by atoms with Crippen molar-refractivity contribution in [2.45, 2.75) is 0 Å². The third-order valence-corrected chi connectivity index (χ3v) is 10.7. The van der Waals surface area contributed by atoms with Crippen molar-refractivity contribution in [1.82, 2.24) is 15.0 Å². The van der Waals surface area contributed by atoms with Gasteiger partial charge >= 0.3 is 0 Å². The predicted molar refractivity (Wildman–Crippen MR) is 227 cm³/mol. The predicted octanol–water partition coefficient (Wildman–Crippen LogP) is 13.6. The van der Waals surface area contributed by atoms with Gasteiger partial charge in [0.15, 0.2) is 17.5 Å². The Bertz CT molecular complexity index is 3260. The summed E-state index contributed by atoms with van der Waals surface area (Å²) < 4.78 is 6.50. The maximum absolute atomic E-state index is 6.50. The summed E-state index contributed by atoms with van der Waals surface area (Å²) in [6.45, 7) is 0. The Balaban J connectivity index is 1.12. The van der Waals surface area contributed by atoms with Crippen molar-refractivity contribution in [3.8, 4) is 56.4 Å². The van der Waals surface area contributed by atoms with E-state index in [1.54, 1.807) is 0 Å². The molecule has 11 aromatic rings. The molecule has 0 aliphatic carbocycles. The molecule has 2 aromatic heterocycles. The molecule has 0 radical (unpaired) electrons. The van der Waals surface area contributed by atoms with Crippen molar-refractivity contribution in [2.24, 2.45) is 0 Å². The van der Waals surface area contributed by atoms with Crippen molar-refractivity contribution >= 4 is 54.3 Å². The molecule has 0 fully saturated rings. The Morgan fingerprint density at radius 1 is 0.291 bits per heavy atom. The van der Waals surface area contributed by atoms with Gasteiger partial charge in [-0.25, -0.2) is 15.0 Å². The van der Waals surface area contributed by atoms with Gasteiger partial charge in [-0.2, -0.15) is 0 Å². The second-order valence-corrected chi connectivity index (χ2v) is 14.0. The molecule has 9 aromatic carbocycles. The van der Waals surface area contributed by atoms with Gasteiger partial charge in [-0.15, -0.1) is 0 Å². The van der Waals surface area contributed by atoms with Gasteiger partial charge in [0.25, 0.3) is 0 Å². The smallest absolute Gasteiger partial charge is 0.164 e. The summed E-state index contributed by atoms with van der Waals surface area (Å²) in [6, 6.07) is 65.8. The zero-order chi connectivity index (χ0) is 36.3. The van der Waals surface area contributed by atoms with E-state index >= 15 is 0 Å². The highest BCUT2D eigenvalue weighted by molar-refractivity contribution is 6.13. The van der Waals surface area contributed by atoms with Crippen LogP contribution in [-0.2, 0) is 0 Å². The van der Waals surface area contributed by atoms with E-state index in [2.05, 4.69) is 164 Å². The summed E-state index contributed by atoms with van der Waals surface area (Å²) in [5, 5.41) is 9.22. The number of hydrogen-bond acceptors (Lipinski definition) is 4. The van der Waals surface area contributed by atoms with Gasteiger partial charge in [-0.05, 0) is 84.9 Å². The van der Waals surface area contributed by atoms with E-state index in [1.807, 2.05) is 24.3 Å². The summed E-state index contributed by atoms with van der Waals surface area (Å²) in [7, 11) is 0. The Morgan fingerprint density at radius 3 is 1.71 bits per heavy atom. The second-order valence-electron chi connectivity index (χ2n) is 14.0. The topological polar surface area (TPSA) is 51.8 Å². The Labute approximate surface area is 317 Å². The van der Waals surface area contributed by atoms with Crippen LogP contribution in [0.15, 0.2) is 192 Å². The average molecular weight is 702 g/mol. The fourth-order valence-electron chi connectivity index (χ4n) is 7.92. The van der Waals surface area contributed by atoms with Crippen molar-refractivity contribution in [3.05, 3.63) is 188 Å². The van der Waals surface area contributed by atoms with Gasteiger partial charge < -0.3 is 4.42 Å². The van der Waals surface area contributed by atoms with E-state index in [-0.39, 0.29) is 0 Å². The van der Waals surface area contributed by atoms with Crippen LogP contribution in [0.5, 0.6) is 0 Å². The largest absolute Gasteiger partial charge is 0.456 e. The molecular weight excluding hydrogens is 671 g/mol. The quantitative estimate of drug-likeness (QED) is 0.168. The highest BCUT2D eigenvalue weighted by Gasteiger charge is 2.20. The van der Waals surface area contributed by atoms with E-state index in [9.17, 15) is 0 Å². The minimum atomic E-state index is 0.589. The molecule has 0 atom stereocenters. The number of hydrogen-bond donors (Lipinski definition) is 0. The average Bonchev–Trinajstić information content (AvgIpc) is 3.64. The van der Waals surface area contributed by atoms with Gasteiger partial charge in [-0.3, -0.25) is 0 Å². The van der Waals surface area contributed by atoms with Gasteiger partial charge in [0.2, 0.25) is 0 Å². The molecular formula is C51H31N3O. The van der Waals surface area contributed by atoms with E-state index in [0.29, 0.717) is 17.5 Å². The van der Waals surface area contributed by atoms with Crippen molar-refractivity contribution in [3.63, 3.8) is 0 Å². The third-order valence-electron chi connectivity index (χ3n) is 10.7. The SMILES string of the molecule is c1ccc(-c2cc(-c3nc(-c4ccc(-c5ccc6ccccc6c5)cc4)nc(-c4ccc5c(ccc6ccccc65)c4)n3)c3c(c2)oc2ccccc23)cc1. The molecule has 2 heterocycles. The van der Waals surface area contributed by atoms with Crippen LogP contribution in [0.1, 0.15) is 0 Å². The molecule has 55 heavy (non-hydrogen) atoms. The minimum absolute atomic E-state index is 0.589. The van der Waals surface area contributed by atoms with Crippen molar-refractivity contribution in [2.75, 3.05) is 0 Å². The van der Waals surface area contributed by atoms with Crippen molar-refractivity contribution in [1.29, 1.82) is 0 Å². The number of nitrogens with zero attached hydrogens (tertiary/aromatic N) is 3. The Morgan fingerprint density at radius 2 is 0.855 bits per heavy atom. The highest BCUT2D eigenvalue weighted by Crippen LogP contribution is 2.40. The highest BCUT2D eigenvalue weighted by atomic mass is 16.3. The molecule has 4 nitrogen and oxygen atoms in total. The van der Waals surface area contributed by atoms with Crippen LogP contribution in [0.25, 0.3) is 111 Å². The molecule has 11 rings (SSSR count). The van der Waals surface area contributed by atoms with Crippen molar-refractivity contribution < 1.29 is 4.42 Å². The monoisotopic (exact) mass is 701 g/mol. The molecule has 0 spiro atoms. The first-order chi connectivity index (χ1) is 27.2. The number of para-hydroxylation sites is 1. The summed E-state index contributed by atoms with van der Waals surface area (Å²) in [4.78, 5) is 15.7. The molecule has 0 N–H and O–H groups in total. The number of benzene rings is 9. The molecule has 0 aliphatic heterocycles. The van der Waals surface area contributed by atoms with E-state index in [1.165, 1.54) is 26.9 Å². The van der Waals surface area contributed by atoms with Crippen LogP contribution in [0.2, 0.25) is 0 Å². The third kappa shape index (κ3) is 5.43. The van der Waals surface area contributed by atoms with Crippen LogP contribution < -0.4 is 0 Å². The van der Waals surface area contributed by atoms with Crippen LogP contribution in [0.3, 0.4) is 0 Å². The second kappa shape index (κ2) is 12.6. The lowest BCUT2D eigenvalue weighted by atomic mass is 9.98. The first kappa shape index (κ1) is 31.1. The molecule has 0 amide bonds. The van der Waals surface area contributed by atoms with E-state index in [4.69, 9.17) is 19.4 Å². The Hall–Kier alpha value is -7.43. The van der Waals surface area contributed by atoms with Gasteiger partial charge in [-0.1, -0.05) is 158 Å². The fraction of sp³-hybridized carbons (Fsp3) is 0. The summed E-state index contributed by atoms with van der Waals surface area (Å²) in [5.41, 5.74) is 8.76. The van der Waals surface area contributed by atoms with E-state index < -0.39 is 0 Å². The molecule has 0 unspecified atom stereocenters. The van der Waals surface area contributed by atoms with Crippen LogP contribution in [0, 0.1) is 0 Å². The lowest BCUT2D eigenvalue weighted by Crippen LogP contribution is -2.01. The van der Waals surface area contributed by atoms with Gasteiger partial charge in [0.05, 0.1) is 0 Å². The molecule has 256 valence electrons. The molecule has 0 saturated heterocycles. The number of aromatic nitrogens is 3. The first-order valence-electron chi connectivity index (χ1n) is 18.5. The minimum Gasteiger partial charge on any atom is -0.456 e. The normalized spacial score (nSPS) is 11.6. The van der Waals surface area contributed by atoms with Gasteiger partial charge in [0.1, 0.15) is 11.2 Å². The molecule has 0 saturated carbocycles. The summed E-state index contributed by atoms with van der Waals surface area (Å²) in [6.07, 6.45) is 0. The zero-order valence-corrected chi connectivity index (χ0v) is 29.6. The standard InChI is InChI=1S/C51H31N3O/c1-2-10-32(11-3-1)41-30-45(48-44-16-8-9-17-46(44)55-47(48)31-41)51-53-49(36-22-18-34(19-23-36)38-24-20-33-12-4-5-14-37(33)28-38)52-50(54-51)40-26-27-43-39(29-40)25-21-35-13-6-7-15-42(35)43/h1-31H. The summed E-state index contributed by atoms with van der Waals surface area (Å²) in [5.74, 6) is 1.81. The van der Waals surface area contributed by atoms with E-state index in [0.717, 1.165) is 66.3 Å². The van der Waals surface area contributed by atoms with Gasteiger partial charge in [0, 0.05) is 27.5 Å². The first-order valence-corrected chi connectivity index (χ1v) is 18.5. The molecule has 0 bridgehead atoms. The number of rotatable bonds is 5. The number of fused-ring (bicyclic) bond motifs is 7. The number of furan rings is 1. The lowest BCUT2D eigenvalue weighted by Gasteiger charge is -2.12. The Kier molecular flexibility index (Phi) is 7.14.